The quantitative estimate of drug-likeness (QED) is 0.788. The molecule has 0 heterocycles. The summed E-state index contributed by atoms with van der Waals surface area (Å²) < 4.78 is 18.3. The van der Waals surface area contributed by atoms with Crippen LogP contribution in [0.5, 0.6) is 5.75 Å². The third-order valence-corrected chi connectivity index (χ3v) is 2.45. The number of halogens is 1. The number of rotatable bonds is 2. The van der Waals surface area contributed by atoms with Crippen molar-refractivity contribution in [3.05, 3.63) is 53.8 Å². The minimum Gasteiger partial charge on any atom is -0.497 e. The van der Waals surface area contributed by atoms with Crippen molar-refractivity contribution < 1.29 is 9.13 Å². The van der Waals surface area contributed by atoms with E-state index < -0.39 is 5.82 Å². The van der Waals surface area contributed by atoms with Gasteiger partial charge in [-0.25, -0.2) is 4.39 Å². The smallest absolute Gasteiger partial charge is 0.125 e. The van der Waals surface area contributed by atoms with Gasteiger partial charge in [0.25, 0.3) is 0 Å². The average molecular weight is 227 g/mol. The van der Waals surface area contributed by atoms with E-state index in [0.29, 0.717) is 11.1 Å². The highest BCUT2D eigenvalue weighted by atomic mass is 19.1. The molecule has 0 atom stereocenters. The molecule has 0 saturated heterocycles. The summed E-state index contributed by atoms with van der Waals surface area (Å²) in [5.74, 6) is 0.334. The first-order valence-corrected chi connectivity index (χ1v) is 5.08. The van der Waals surface area contributed by atoms with E-state index in [-0.39, 0.29) is 0 Å². The highest BCUT2D eigenvalue weighted by molar-refractivity contribution is 5.66. The summed E-state index contributed by atoms with van der Waals surface area (Å²) in [7, 11) is 1.59. The zero-order valence-electron chi connectivity index (χ0n) is 9.27. The third kappa shape index (κ3) is 2.43. The molecule has 0 aliphatic carbocycles. The van der Waals surface area contributed by atoms with Crippen LogP contribution in [0.3, 0.4) is 0 Å². The second kappa shape index (κ2) is 4.67. The van der Waals surface area contributed by atoms with E-state index in [1.807, 2.05) is 18.2 Å². The molecule has 0 fully saturated rings. The molecule has 0 spiro atoms. The van der Waals surface area contributed by atoms with Crippen molar-refractivity contribution in [3.63, 3.8) is 0 Å². The number of hydrogen-bond donors (Lipinski definition) is 0. The lowest BCUT2D eigenvalue weighted by molar-refractivity contribution is 0.415. The highest BCUT2D eigenvalue weighted by Crippen LogP contribution is 2.24. The summed E-state index contributed by atoms with van der Waals surface area (Å²) in [5, 5.41) is 8.78. The normalized spacial score (nSPS) is 9.71. The summed E-state index contributed by atoms with van der Waals surface area (Å²) >= 11 is 0. The van der Waals surface area contributed by atoms with Gasteiger partial charge in [0.1, 0.15) is 11.6 Å². The van der Waals surface area contributed by atoms with Crippen LogP contribution in [0.4, 0.5) is 4.39 Å². The zero-order valence-corrected chi connectivity index (χ0v) is 9.27. The van der Waals surface area contributed by atoms with Crippen LogP contribution < -0.4 is 4.74 Å². The molecule has 2 aromatic carbocycles. The van der Waals surface area contributed by atoms with Crippen LogP contribution in [0.2, 0.25) is 0 Å². The van der Waals surface area contributed by atoms with Gasteiger partial charge in [0.05, 0.1) is 18.7 Å². The van der Waals surface area contributed by atoms with E-state index in [4.69, 9.17) is 10.00 Å². The molecule has 0 amide bonds. The van der Waals surface area contributed by atoms with Gasteiger partial charge in [0.2, 0.25) is 0 Å². The van der Waals surface area contributed by atoms with Crippen LogP contribution in [-0.4, -0.2) is 7.11 Å². The molecule has 3 heteroatoms. The number of nitriles is 1. The summed E-state index contributed by atoms with van der Waals surface area (Å²) in [5.41, 5.74) is 1.85. The van der Waals surface area contributed by atoms with Crippen molar-refractivity contribution in [1.29, 1.82) is 5.26 Å². The number of methoxy groups -OCH3 is 1. The lowest BCUT2D eigenvalue weighted by Gasteiger charge is -2.04. The summed E-state index contributed by atoms with van der Waals surface area (Å²) in [4.78, 5) is 0. The van der Waals surface area contributed by atoms with Gasteiger partial charge in [-0.05, 0) is 41.5 Å². The van der Waals surface area contributed by atoms with Crippen LogP contribution in [0.1, 0.15) is 5.56 Å². The fraction of sp³-hybridized carbons (Fsp3) is 0.0714. The van der Waals surface area contributed by atoms with Crippen LogP contribution in [0.15, 0.2) is 42.5 Å². The molecule has 0 saturated carbocycles. The Morgan fingerprint density at radius 3 is 2.35 bits per heavy atom. The Balaban J connectivity index is 2.45. The largest absolute Gasteiger partial charge is 0.497 e. The zero-order chi connectivity index (χ0) is 12.3. The molecule has 0 aromatic heterocycles. The molecule has 0 aliphatic rings. The first kappa shape index (κ1) is 11.2. The molecule has 0 radical (unpaired) electrons. The van der Waals surface area contributed by atoms with Crippen molar-refractivity contribution in [3.8, 4) is 22.9 Å². The molecule has 17 heavy (non-hydrogen) atoms. The molecule has 0 aliphatic heterocycles. The van der Waals surface area contributed by atoms with Gasteiger partial charge in [-0.1, -0.05) is 12.1 Å². The monoisotopic (exact) mass is 227 g/mol. The van der Waals surface area contributed by atoms with Crippen molar-refractivity contribution in [2.45, 2.75) is 0 Å². The molecule has 0 N–H and O–H groups in total. The average Bonchev–Trinajstić information content (AvgIpc) is 2.38. The third-order valence-electron chi connectivity index (χ3n) is 2.45. The maximum absolute atomic E-state index is 13.3. The summed E-state index contributed by atoms with van der Waals surface area (Å²) in [6, 6.07) is 13.5. The van der Waals surface area contributed by atoms with E-state index in [1.54, 1.807) is 25.3 Å². The Hall–Kier alpha value is -2.34. The Kier molecular flexibility index (Phi) is 3.06. The molecule has 0 unspecified atom stereocenters. The highest BCUT2D eigenvalue weighted by Gasteiger charge is 2.03. The second-order valence-corrected chi connectivity index (χ2v) is 3.57. The van der Waals surface area contributed by atoms with Crippen molar-refractivity contribution >= 4 is 0 Å². The predicted molar refractivity (Wildman–Crippen MR) is 63.1 cm³/mol. The Morgan fingerprint density at radius 1 is 1.06 bits per heavy atom. The number of hydrogen-bond acceptors (Lipinski definition) is 2. The number of benzene rings is 2. The fourth-order valence-electron chi connectivity index (χ4n) is 1.60. The second-order valence-electron chi connectivity index (χ2n) is 3.57. The van der Waals surface area contributed by atoms with Crippen LogP contribution in [0, 0.1) is 17.1 Å². The van der Waals surface area contributed by atoms with Crippen molar-refractivity contribution in [1.82, 2.24) is 0 Å². The molecule has 2 nitrogen and oxygen atoms in total. The van der Waals surface area contributed by atoms with Crippen LogP contribution in [0.25, 0.3) is 11.1 Å². The van der Waals surface area contributed by atoms with Crippen molar-refractivity contribution in [2.75, 3.05) is 7.11 Å². The molecular weight excluding hydrogens is 217 g/mol. The van der Waals surface area contributed by atoms with Gasteiger partial charge >= 0.3 is 0 Å². The van der Waals surface area contributed by atoms with Crippen LogP contribution >= 0.6 is 0 Å². The summed E-state index contributed by atoms with van der Waals surface area (Å²) in [6.07, 6.45) is 0. The SMILES string of the molecule is COc1ccc(-c2cc(F)cc(C#N)c2)cc1. The maximum atomic E-state index is 13.3. The minimum absolute atomic E-state index is 0.316. The van der Waals surface area contributed by atoms with Gasteiger partial charge < -0.3 is 4.74 Å². The van der Waals surface area contributed by atoms with E-state index in [9.17, 15) is 4.39 Å². The first-order chi connectivity index (χ1) is 8.22. The van der Waals surface area contributed by atoms with E-state index >= 15 is 0 Å². The molecule has 0 bridgehead atoms. The van der Waals surface area contributed by atoms with E-state index in [0.717, 1.165) is 11.3 Å². The number of nitrogens with zero attached hydrogens (tertiary/aromatic N) is 1. The Labute approximate surface area is 98.9 Å². The Morgan fingerprint density at radius 2 is 1.76 bits per heavy atom. The van der Waals surface area contributed by atoms with Gasteiger partial charge in [-0.2, -0.15) is 5.26 Å². The molecule has 2 aromatic rings. The minimum atomic E-state index is -0.408. The standard InChI is InChI=1S/C14H10FNO/c1-17-14-4-2-11(3-5-14)12-6-10(9-16)7-13(15)8-12/h2-8H,1H3. The first-order valence-electron chi connectivity index (χ1n) is 5.08. The van der Waals surface area contributed by atoms with E-state index in [1.165, 1.54) is 12.1 Å². The predicted octanol–water partition coefficient (Wildman–Crippen LogP) is 3.37. The maximum Gasteiger partial charge on any atom is 0.125 e. The molecule has 2 rings (SSSR count). The van der Waals surface area contributed by atoms with Gasteiger partial charge in [0.15, 0.2) is 0 Å². The van der Waals surface area contributed by atoms with Gasteiger partial charge in [0, 0.05) is 0 Å². The van der Waals surface area contributed by atoms with Gasteiger partial charge in [-0.15, -0.1) is 0 Å². The fourth-order valence-corrected chi connectivity index (χ4v) is 1.60. The van der Waals surface area contributed by atoms with Gasteiger partial charge in [-0.3, -0.25) is 0 Å². The molecular formula is C14H10FNO. The van der Waals surface area contributed by atoms with Crippen molar-refractivity contribution in [2.24, 2.45) is 0 Å². The van der Waals surface area contributed by atoms with E-state index in [2.05, 4.69) is 0 Å². The van der Waals surface area contributed by atoms with Crippen LogP contribution in [-0.2, 0) is 0 Å². The number of ether oxygens (including phenoxy) is 1. The summed E-state index contributed by atoms with van der Waals surface area (Å²) in [6.45, 7) is 0. The Bertz CT molecular complexity index is 570. The molecule has 84 valence electrons. The topological polar surface area (TPSA) is 33.0 Å². The lowest BCUT2D eigenvalue weighted by Crippen LogP contribution is -1.85. The lowest BCUT2D eigenvalue weighted by atomic mass is 10.0.